The van der Waals surface area contributed by atoms with Gasteiger partial charge in [0, 0.05) is 25.8 Å². The molecule has 0 bridgehead atoms. The molecule has 2 aromatic carbocycles. The molecule has 0 unspecified atom stereocenters. The molecule has 30 heavy (non-hydrogen) atoms. The van der Waals surface area contributed by atoms with Crippen LogP contribution in [-0.2, 0) is 14.3 Å². The number of benzene rings is 2. The molecule has 0 spiro atoms. The lowest BCUT2D eigenvalue weighted by atomic mass is 9.94. The monoisotopic (exact) mass is 409 g/mol. The molecule has 1 aliphatic heterocycles. The van der Waals surface area contributed by atoms with Crippen molar-refractivity contribution in [3.63, 3.8) is 0 Å². The van der Waals surface area contributed by atoms with Crippen LogP contribution in [0.5, 0.6) is 5.75 Å². The Morgan fingerprint density at radius 1 is 1.07 bits per heavy atom. The van der Waals surface area contributed by atoms with Crippen LogP contribution in [0, 0.1) is 13.8 Å². The van der Waals surface area contributed by atoms with E-state index in [1.54, 1.807) is 32.4 Å². The molecule has 1 amide bonds. The third-order valence-electron chi connectivity index (χ3n) is 5.35. The third kappa shape index (κ3) is 4.09. The summed E-state index contributed by atoms with van der Waals surface area (Å²) < 4.78 is 10.4. The molecule has 1 fully saturated rings. The highest BCUT2D eigenvalue weighted by molar-refractivity contribution is 6.46. The Labute approximate surface area is 176 Å². The highest BCUT2D eigenvalue weighted by atomic mass is 16.5. The van der Waals surface area contributed by atoms with E-state index < -0.39 is 17.7 Å². The predicted molar refractivity (Wildman–Crippen MR) is 114 cm³/mol. The van der Waals surface area contributed by atoms with E-state index in [-0.39, 0.29) is 11.3 Å². The van der Waals surface area contributed by atoms with E-state index in [2.05, 4.69) is 0 Å². The molecular weight excluding hydrogens is 382 g/mol. The van der Waals surface area contributed by atoms with Crippen LogP contribution in [0.25, 0.3) is 5.76 Å². The zero-order valence-electron chi connectivity index (χ0n) is 17.8. The Kier molecular flexibility index (Phi) is 6.57. The van der Waals surface area contributed by atoms with Crippen molar-refractivity contribution in [3.8, 4) is 5.75 Å². The lowest BCUT2D eigenvalue weighted by molar-refractivity contribution is -0.140. The lowest BCUT2D eigenvalue weighted by Gasteiger charge is -2.25. The number of methoxy groups -OCH3 is 2. The summed E-state index contributed by atoms with van der Waals surface area (Å²) >= 11 is 0. The van der Waals surface area contributed by atoms with Gasteiger partial charge in [0.1, 0.15) is 11.5 Å². The van der Waals surface area contributed by atoms with Crippen molar-refractivity contribution in [2.24, 2.45) is 0 Å². The SMILES string of the molecule is COCCCN1C(=O)C(=O)C(=C(O)c2ccc(OC)c(C)c2)[C@H]1c1ccc(C)cc1. The minimum absolute atomic E-state index is 0.103. The van der Waals surface area contributed by atoms with Crippen LogP contribution < -0.4 is 4.74 Å². The molecular formula is C24H27NO5. The summed E-state index contributed by atoms with van der Waals surface area (Å²) in [5.41, 5.74) is 3.25. The van der Waals surface area contributed by atoms with Crippen molar-refractivity contribution in [1.29, 1.82) is 0 Å². The number of aliphatic hydroxyl groups is 1. The number of Topliss-reactive ketones (excluding diaryl/α,β-unsaturated/α-hetero) is 1. The number of carbonyl (C=O) groups excluding carboxylic acids is 2. The highest BCUT2D eigenvalue weighted by Gasteiger charge is 2.45. The quantitative estimate of drug-likeness (QED) is 0.326. The van der Waals surface area contributed by atoms with Gasteiger partial charge in [-0.05, 0) is 49.6 Å². The van der Waals surface area contributed by atoms with Crippen LogP contribution in [0.3, 0.4) is 0 Å². The molecule has 1 atom stereocenters. The first-order valence-corrected chi connectivity index (χ1v) is 9.88. The summed E-state index contributed by atoms with van der Waals surface area (Å²) in [6, 6.07) is 12.2. The Hall–Kier alpha value is -3.12. The third-order valence-corrected chi connectivity index (χ3v) is 5.35. The van der Waals surface area contributed by atoms with Gasteiger partial charge >= 0.3 is 0 Å². The van der Waals surface area contributed by atoms with Crippen LogP contribution in [-0.4, -0.2) is 49.1 Å². The first-order chi connectivity index (χ1) is 14.4. The second kappa shape index (κ2) is 9.13. The van der Waals surface area contributed by atoms with Crippen LogP contribution in [0.4, 0.5) is 0 Å². The van der Waals surface area contributed by atoms with Crippen LogP contribution in [0.15, 0.2) is 48.0 Å². The van der Waals surface area contributed by atoms with Crippen molar-refractivity contribution in [2.45, 2.75) is 26.3 Å². The van der Waals surface area contributed by atoms with Gasteiger partial charge in [-0.2, -0.15) is 0 Å². The Morgan fingerprint density at radius 2 is 1.77 bits per heavy atom. The van der Waals surface area contributed by atoms with E-state index in [1.807, 2.05) is 38.1 Å². The Bertz CT molecular complexity index is 978. The number of amides is 1. The summed E-state index contributed by atoms with van der Waals surface area (Å²) in [4.78, 5) is 27.3. The number of hydrogen-bond acceptors (Lipinski definition) is 5. The first kappa shape index (κ1) is 21.6. The summed E-state index contributed by atoms with van der Waals surface area (Å²) in [5, 5.41) is 11.1. The Balaban J connectivity index is 2.12. The van der Waals surface area contributed by atoms with E-state index in [0.29, 0.717) is 30.9 Å². The molecule has 2 aromatic rings. The maximum absolute atomic E-state index is 13.0. The average Bonchev–Trinajstić information content (AvgIpc) is 2.99. The van der Waals surface area contributed by atoms with Gasteiger partial charge in [0.05, 0.1) is 18.7 Å². The number of aliphatic hydroxyl groups excluding tert-OH is 1. The van der Waals surface area contributed by atoms with Crippen LogP contribution >= 0.6 is 0 Å². The van der Waals surface area contributed by atoms with Gasteiger partial charge in [-0.15, -0.1) is 0 Å². The molecule has 1 heterocycles. The maximum Gasteiger partial charge on any atom is 0.295 e. The van der Waals surface area contributed by atoms with E-state index in [4.69, 9.17) is 9.47 Å². The second-order valence-electron chi connectivity index (χ2n) is 7.43. The number of ketones is 1. The molecule has 0 aliphatic carbocycles. The fourth-order valence-electron chi connectivity index (χ4n) is 3.77. The second-order valence-corrected chi connectivity index (χ2v) is 7.43. The molecule has 0 aromatic heterocycles. The van der Waals surface area contributed by atoms with E-state index in [9.17, 15) is 14.7 Å². The normalized spacial score (nSPS) is 18.1. The zero-order valence-corrected chi connectivity index (χ0v) is 17.8. The van der Waals surface area contributed by atoms with Crippen LogP contribution in [0.2, 0.25) is 0 Å². The predicted octanol–water partition coefficient (Wildman–Crippen LogP) is 3.77. The van der Waals surface area contributed by atoms with E-state index in [1.165, 1.54) is 4.90 Å². The number of carbonyl (C=O) groups is 2. The minimum Gasteiger partial charge on any atom is -0.507 e. The van der Waals surface area contributed by atoms with E-state index in [0.717, 1.165) is 16.7 Å². The molecule has 6 heteroatoms. The summed E-state index contributed by atoms with van der Waals surface area (Å²) in [7, 11) is 3.17. The molecule has 0 saturated carbocycles. The molecule has 0 radical (unpaired) electrons. The van der Waals surface area contributed by atoms with Gasteiger partial charge in [-0.3, -0.25) is 9.59 Å². The highest BCUT2D eigenvalue weighted by Crippen LogP contribution is 2.40. The number of nitrogens with zero attached hydrogens (tertiary/aromatic N) is 1. The largest absolute Gasteiger partial charge is 0.507 e. The van der Waals surface area contributed by atoms with Crippen molar-refractivity contribution >= 4 is 17.4 Å². The first-order valence-electron chi connectivity index (χ1n) is 9.88. The van der Waals surface area contributed by atoms with Gasteiger partial charge in [-0.25, -0.2) is 0 Å². The number of hydrogen-bond donors (Lipinski definition) is 1. The minimum atomic E-state index is -0.677. The van der Waals surface area contributed by atoms with Crippen molar-refractivity contribution in [3.05, 3.63) is 70.3 Å². The summed E-state index contributed by atoms with van der Waals surface area (Å²) in [6.07, 6.45) is 0.591. The van der Waals surface area contributed by atoms with Gasteiger partial charge in [0.25, 0.3) is 11.7 Å². The lowest BCUT2D eigenvalue weighted by Crippen LogP contribution is -2.31. The van der Waals surface area contributed by atoms with Crippen molar-refractivity contribution < 1.29 is 24.2 Å². The average molecular weight is 409 g/mol. The summed E-state index contributed by atoms with van der Waals surface area (Å²) in [6.45, 7) is 4.66. The Morgan fingerprint density at radius 3 is 2.37 bits per heavy atom. The summed E-state index contributed by atoms with van der Waals surface area (Å²) in [5.74, 6) is -0.784. The fraction of sp³-hybridized carbons (Fsp3) is 0.333. The molecule has 158 valence electrons. The van der Waals surface area contributed by atoms with Gasteiger partial charge in [0.2, 0.25) is 0 Å². The van der Waals surface area contributed by atoms with E-state index >= 15 is 0 Å². The smallest absolute Gasteiger partial charge is 0.295 e. The fourth-order valence-corrected chi connectivity index (χ4v) is 3.77. The van der Waals surface area contributed by atoms with Crippen molar-refractivity contribution in [1.82, 2.24) is 4.90 Å². The molecule has 3 rings (SSSR count). The van der Waals surface area contributed by atoms with Gasteiger partial charge in [-0.1, -0.05) is 29.8 Å². The molecule has 6 nitrogen and oxygen atoms in total. The number of rotatable bonds is 7. The molecule has 1 N–H and O–H groups in total. The number of likely N-dealkylation sites (tertiary alicyclic amines) is 1. The topological polar surface area (TPSA) is 76.1 Å². The van der Waals surface area contributed by atoms with Gasteiger partial charge < -0.3 is 19.5 Å². The maximum atomic E-state index is 13.0. The van der Waals surface area contributed by atoms with Crippen LogP contribution in [0.1, 0.15) is 34.7 Å². The molecule has 1 saturated heterocycles. The number of aryl methyl sites for hydroxylation is 2. The zero-order chi connectivity index (χ0) is 21.8. The standard InChI is InChI=1S/C24H27NO5/c1-15-6-8-17(9-7-15)21-20(23(27)24(28)25(21)12-5-13-29-3)22(26)18-10-11-19(30-4)16(2)14-18/h6-11,14,21,26H,5,12-13H2,1-4H3/t21-/m1/s1. The van der Waals surface area contributed by atoms with Crippen molar-refractivity contribution in [2.75, 3.05) is 27.4 Å². The number of ether oxygens (including phenoxy) is 2. The van der Waals surface area contributed by atoms with Gasteiger partial charge in [0.15, 0.2) is 0 Å². The molecule has 1 aliphatic rings.